The lowest BCUT2D eigenvalue weighted by atomic mass is 10.0. The molecule has 0 N–H and O–H groups in total. The lowest BCUT2D eigenvalue weighted by molar-refractivity contribution is 0.666. The van der Waals surface area contributed by atoms with Crippen LogP contribution in [0.5, 0.6) is 0 Å². The molecule has 0 aromatic heterocycles. The quantitative estimate of drug-likeness (QED) is 0.411. The molecule has 0 aliphatic carbocycles. The van der Waals surface area contributed by atoms with Crippen LogP contribution in [0.25, 0.3) is 0 Å². The van der Waals surface area contributed by atoms with E-state index in [-0.39, 0.29) is 5.83 Å². The Bertz CT molecular complexity index is 147. The van der Waals surface area contributed by atoms with Gasteiger partial charge in [-0.1, -0.05) is 25.1 Å². The minimum atomic E-state index is -0.288. The van der Waals surface area contributed by atoms with E-state index in [9.17, 15) is 4.39 Å². The smallest absolute Gasteiger partial charge is 0.122 e. The molecule has 52 valence electrons. The van der Waals surface area contributed by atoms with E-state index in [2.05, 4.69) is 6.58 Å². The van der Waals surface area contributed by atoms with Gasteiger partial charge in [-0.25, -0.2) is 4.39 Å². The van der Waals surface area contributed by atoms with Crippen LogP contribution in [0.4, 0.5) is 4.39 Å². The predicted octanol–water partition coefficient (Wildman–Crippen LogP) is 2.56. The summed E-state index contributed by atoms with van der Waals surface area (Å²) in [6, 6.07) is 0. The second-order valence-corrected chi connectivity index (χ2v) is 1.77. The highest BCUT2D eigenvalue weighted by atomic mass is 19.1. The molecule has 0 aliphatic heterocycles. The molecule has 0 saturated carbocycles. The van der Waals surface area contributed by atoms with Crippen molar-refractivity contribution >= 4 is 7.85 Å². The van der Waals surface area contributed by atoms with Crippen LogP contribution in [0.1, 0.15) is 6.42 Å². The van der Waals surface area contributed by atoms with E-state index in [1.807, 2.05) is 0 Å². The van der Waals surface area contributed by atoms with Crippen molar-refractivity contribution in [1.82, 2.24) is 0 Å². The van der Waals surface area contributed by atoms with Gasteiger partial charge in [-0.3, -0.25) is 0 Å². The molecule has 0 aromatic rings. The van der Waals surface area contributed by atoms with Gasteiger partial charge in [0.15, 0.2) is 0 Å². The first kappa shape index (κ1) is 9.21. The molecular formula is C8H10BF. The van der Waals surface area contributed by atoms with Crippen molar-refractivity contribution in [1.29, 1.82) is 0 Å². The number of hydrogen-bond acceptors (Lipinski definition) is 0. The van der Waals surface area contributed by atoms with Crippen molar-refractivity contribution in [2.75, 3.05) is 0 Å². The van der Waals surface area contributed by atoms with Crippen molar-refractivity contribution < 1.29 is 4.39 Å². The molecule has 2 radical (unpaired) electrons. The lowest BCUT2D eigenvalue weighted by Gasteiger charge is -1.83. The van der Waals surface area contributed by atoms with Crippen molar-refractivity contribution in [3.63, 3.8) is 0 Å². The maximum atomic E-state index is 12.4. The van der Waals surface area contributed by atoms with Gasteiger partial charge in [0.2, 0.25) is 0 Å². The Kier molecular flexibility index (Phi) is 5.84. The van der Waals surface area contributed by atoms with Crippen molar-refractivity contribution in [3.05, 3.63) is 36.7 Å². The Morgan fingerprint density at radius 3 is 2.80 bits per heavy atom. The van der Waals surface area contributed by atoms with Crippen LogP contribution in [0, 0.1) is 0 Å². The van der Waals surface area contributed by atoms with E-state index in [1.165, 1.54) is 18.2 Å². The van der Waals surface area contributed by atoms with E-state index in [0.29, 0.717) is 12.7 Å². The first-order chi connectivity index (χ1) is 4.81. The standard InChI is InChI=1S/C8H10BF/c1-2-5-8(10)6-3-4-7-9/h2-3,5-6H,1,4,7H2/b6-3-,8-5+. The fourth-order valence-corrected chi connectivity index (χ4v) is 0.460. The maximum absolute atomic E-state index is 12.4. The van der Waals surface area contributed by atoms with Gasteiger partial charge in [0, 0.05) is 0 Å². The first-order valence-electron chi connectivity index (χ1n) is 3.16. The zero-order chi connectivity index (χ0) is 7.82. The molecule has 0 aromatic carbocycles. The summed E-state index contributed by atoms with van der Waals surface area (Å²) in [6.07, 6.45) is 7.04. The van der Waals surface area contributed by atoms with Crippen LogP contribution in [0.2, 0.25) is 6.32 Å². The molecule has 0 amide bonds. The minimum Gasteiger partial charge on any atom is -0.207 e. The summed E-state index contributed by atoms with van der Waals surface area (Å²) >= 11 is 0. The van der Waals surface area contributed by atoms with Crippen LogP contribution in [-0.2, 0) is 0 Å². The van der Waals surface area contributed by atoms with Gasteiger partial charge in [-0.2, -0.15) is 0 Å². The molecule has 2 heteroatoms. The molecule has 0 fully saturated rings. The Labute approximate surface area is 62.5 Å². The molecule has 0 unspecified atom stereocenters. The van der Waals surface area contributed by atoms with Gasteiger partial charge in [0.05, 0.1) is 7.85 Å². The van der Waals surface area contributed by atoms with Crippen LogP contribution >= 0.6 is 0 Å². The number of hydrogen-bond donors (Lipinski definition) is 0. The zero-order valence-electron chi connectivity index (χ0n) is 5.89. The summed E-state index contributed by atoms with van der Waals surface area (Å²) in [4.78, 5) is 0. The third kappa shape index (κ3) is 5.35. The molecule has 0 spiro atoms. The van der Waals surface area contributed by atoms with E-state index in [0.717, 1.165) is 0 Å². The Balaban J connectivity index is 3.65. The summed E-state index contributed by atoms with van der Waals surface area (Å²) < 4.78 is 12.4. The highest BCUT2D eigenvalue weighted by Crippen LogP contribution is 1.99. The van der Waals surface area contributed by atoms with E-state index in [1.54, 1.807) is 6.08 Å². The molecule has 0 saturated heterocycles. The highest BCUT2D eigenvalue weighted by Gasteiger charge is 1.81. The van der Waals surface area contributed by atoms with Crippen molar-refractivity contribution in [2.24, 2.45) is 0 Å². The largest absolute Gasteiger partial charge is 0.207 e. The number of rotatable bonds is 4. The van der Waals surface area contributed by atoms with Gasteiger partial charge >= 0.3 is 0 Å². The van der Waals surface area contributed by atoms with E-state index < -0.39 is 0 Å². The molecule has 0 atom stereocenters. The average Bonchev–Trinajstić information content (AvgIpc) is 1.89. The normalized spacial score (nSPS) is 12.3. The Morgan fingerprint density at radius 2 is 2.30 bits per heavy atom. The topological polar surface area (TPSA) is 0 Å². The fraction of sp³-hybridized carbons (Fsp3) is 0.250. The number of allylic oxidation sites excluding steroid dienone is 5. The number of halogens is 1. The Hall–Kier alpha value is -0.785. The molecule has 0 nitrogen and oxygen atoms in total. The zero-order valence-corrected chi connectivity index (χ0v) is 5.89. The van der Waals surface area contributed by atoms with E-state index >= 15 is 0 Å². The lowest BCUT2D eigenvalue weighted by Crippen LogP contribution is -1.66. The second-order valence-electron chi connectivity index (χ2n) is 1.77. The Morgan fingerprint density at radius 1 is 1.60 bits per heavy atom. The molecule has 0 rings (SSSR count). The monoisotopic (exact) mass is 136 g/mol. The van der Waals surface area contributed by atoms with Crippen LogP contribution < -0.4 is 0 Å². The van der Waals surface area contributed by atoms with Gasteiger partial charge < -0.3 is 0 Å². The van der Waals surface area contributed by atoms with Crippen molar-refractivity contribution in [3.8, 4) is 0 Å². The first-order valence-corrected chi connectivity index (χ1v) is 3.16. The maximum Gasteiger partial charge on any atom is 0.122 e. The molecule has 0 heterocycles. The SMILES string of the molecule is [B]CC/C=C\C(F)=C/C=C. The van der Waals surface area contributed by atoms with Crippen LogP contribution in [-0.4, -0.2) is 7.85 Å². The fourth-order valence-electron chi connectivity index (χ4n) is 0.460. The molecule has 0 aliphatic rings. The van der Waals surface area contributed by atoms with Gasteiger partial charge in [-0.15, -0.1) is 0 Å². The molecule has 10 heavy (non-hydrogen) atoms. The summed E-state index contributed by atoms with van der Waals surface area (Å²) in [5, 5.41) is 0. The summed E-state index contributed by atoms with van der Waals surface area (Å²) in [6.45, 7) is 3.35. The average molecular weight is 136 g/mol. The third-order valence-electron chi connectivity index (χ3n) is 0.887. The van der Waals surface area contributed by atoms with Gasteiger partial charge in [0.25, 0.3) is 0 Å². The third-order valence-corrected chi connectivity index (χ3v) is 0.887. The van der Waals surface area contributed by atoms with E-state index in [4.69, 9.17) is 7.85 Å². The molecular weight excluding hydrogens is 126 g/mol. The second kappa shape index (κ2) is 6.34. The highest BCUT2D eigenvalue weighted by molar-refractivity contribution is 6.08. The summed E-state index contributed by atoms with van der Waals surface area (Å²) in [7, 11) is 5.18. The summed E-state index contributed by atoms with van der Waals surface area (Å²) in [5.74, 6) is -0.288. The van der Waals surface area contributed by atoms with Crippen LogP contribution in [0.3, 0.4) is 0 Å². The molecule has 0 bridgehead atoms. The summed E-state index contributed by atoms with van der Waals surface area (Å²) in [5.41, 5.74) is 0. The minimum absolute atomic E-state index is 0.288. The van der Waals surface area contributed by atoms with Gasteiger partial charge in [0.1, 0.15) is 5.83 Å². The van der Waals surface area contributed by atoms with Crippen molar-refractivity contribution in [2.45, 2.75) is 12.7 Å². The predicted molar refractivity (Wildman–Crippen MR) is 43.7 cm³/mol. The van der Waals surface area contributed by atoms with Gasteiger partial charge in [-0.05, 0) is 18.6 Å². The van der Waals surface area contributed by atoms with Crippen LogP contribution in [0.15, 0.2) is 36.7 Å².